The molecule has 0 amide bonds. The molecule has 3 aromatic rings. The minimum atomic E-state index is 0.556. The van der Waals surface area contributed by atoms with Gasteiger partial charge in [0.05, 0.1) is 5.39 Å². The van der Waals surface area contributed by atoms with Crippen LogP contribution in [0.3, 0.4) is 0 Å². The van der Waals surface area contributed by atoms with Gasteiger partial charge in [-0.2, -0.15) is 0 Å². The van der Waals surface area contributed by atoms with Gasteiger partial charge in [0.25, 0.3) is 0 Å². The van der Waals surface area contributed by atoms with E-state index in [4.69, 9.17) is 5.73 Å². The lowest BCUT2D eigenvalue weighted by atomic mass is 10.1. The SMILES string of the molecule is Cc1cccc(-c2nc(N)c3cc(C)sc3n2)c1. The number of aryl methyl sites for hydroxylation is 2. The highest BCUT2D eigenvalue weighted by Crippen LogP contribution is 2.29. The van der Waals surface area contributed by atoms with E-state index in [1.807, 2.05) is 18.2 Å². The molecule has 90 valence electrons. The van der Waals surface area contributed by atoms with Gasteiger partial charge in [0, 0.05) is 10.4 Å². The average Bonchev–Trinajstić information content (AvgIpc) is 2.70. The van der Waals surface area contributed by atoms with Crippen molar-refractivity contribution in [3.8, 4) is 11.4 Å². The van der Waals surface area contributed by atoms with Crippen LogP contribution in [0, 0.1) is 13.8 Å². The number of rotatable bonds is 1. The predicted octanol–water partition coefficient (Wildman–Crippen LogP) is 3.56. The van der Waals surface area contributed by atoms with E-state index >= 15 is 0 Å². The monoisotopic (exact) mass is 255 g/mol. The van der Waals surface area contributed by atoms with E-state index in [0.29, 0.717) is 11.6 Å². The third-order valence-corrected chi connectivity index (χ3v) is 3.77. The summed E-state index contributed by atoms with van der Waals surface area (Å²) in [7, 11) is 0. The van der Waals surface area contributed by atoms with E-state index in [1.54, 1.807) is 11.3 Å². The van der Waals surface area contributed by atoms with Crippen LogP contribution in [0.25, 0.3) is 21.6 Å². The van der Waals surface area contributed by atoms with E-state index in [-0.39, 0.29) is 0 Å². The Kier molecular flexibility index (Phi) is 2.52. The molecular weight excluding hydrogens is 242 g/mol. The molecule has 2 N–H and O–H groups in total. The number of fused-ring (bicyclic) bond motifs is 1. The highest BCUT2D eigenvalue weighted by Gasteiger charge is 2.09. The molecule has 0 bridgehead atoms. The van der Waals surface area contributed by atoms with E-state index < -0.39 is 0 Å². The third kappa shape index (κ3) is 1.84. The lowest BCUT2D eigenvalue weighted by Gasteiger charge is -2.03. The van der Waals surface area contributed by atoms with Crippen LogP contribution in [0.4, 0.5) is 5.82 Å². The van der Waals surface area contributed by atoms with Gasteiger partial charge in [-0.3, -0.25) is 0 Å². The number of aromatic nitrogens is 2. The van der Waals surface area contributed by atoms with Gasteiger partial charge in [0.1, 0.15) is 10.6 Å². The first kappa shape index (κ1) is 11.2. The lowest BCUT2D eigenvalue weighted by Crippen LogP contribution is -1.96. The highest BCUT2D eigenvalue weighted by molar-refractivity contribution is 7.18. The lowest BCUT2D eigenvalue weighted by molar-refractivity contribution is 1.24. The average molecular weight is 255 g/mol. The number of nitrogens with zero attached hydrogens (tertiary/aromatic N) is 2. The Labute approximate surface area is 109 Å². The second-order valence-corrected chi connectivity index (χ2v) is 5.61. The zero-order chi connectivity index (χ0) is 12.7. The molecule has 0 saturated carbocycles. The van der Waals surface area contributed by atoms with Gasteiger partial charge in [0.15, 0.2) is 5.82 Å². The first-order valence-electron chi connectivity index (χ1n) is 5.74. The smallest absolute Gasteiger partial charge is 0.163 e. The van der Waals surface area contributed by atoms with Crippen molar-refractivity contribution in [2.24, 2.45) is 0 Å². The van der Waals surface area contributed by atoms with Gasteiger partial charge in [-0.15, -0.1) is 11.3 Å². The number of benzene rings is 1. The number of hydrogen-bond donors (Lipinski definition) is 1. The van der Waals surface area contributed by atoms with Crippen molar-refractivity contribution in [2.45, 2.75) is 13.8 Å². The summed E-state index contributed by atoms with van der Waals surface area (Å²) in [5.74, 6) is 1.26. The van der Waals surface area contributed by atoms with E-state index in [0.717, 1.165) is 15.8 Å². The van der Waals surface area contributed by atoms with Crippen molar-refractivity contribution in [2.75, 3.05) is 5.73 Å². The van der Waals surface area contributed by atoms with Gasteiger partial charge < -0.3 is 5.73 Å². The van der Waals surface area contributed by atoms with Crippen molar-refractivity contribution < 1.29 is 0 Å². The van der Waals surface area contributed by atoms with Crippen LogP contribution in [0.5, 0.6) is 0 Å². The maximum absolute atomic E-state index is 6.00. The Balaban J connectivity index is 2.24. The molecule has 2 aromatic heterocycles. The molecule has 0 aliphatic heterocycles. The summed E-state index contributed by atoms with van der Waals surface area (Å²) in [6.45, 7) is 4.11. The molecule has 3 nitrogen and oxygen atoms in total. The molecule has 0 saturated heterocycles. The first-order valence-corrected chi connectivity index (χ1v) is 6.56. The summed E-state index contributed by atoms with van der Waals surface area (Å²) in [6.07, 6.45) is 0. The minimum Gasteiger partial charge on any atom is -0.383 e. The van der Waals surface area contributed by atoms with Crippen molar-refractivity contribution in [1.82, 2.24) is 9.97 Å². The second kappa shape index (κ2) is 4.07. The van der Waals surface area contributed by atoms with Crippen LogP contribution >= 0.6 is 11.3 Å². The maximum atomic E-state index is 6.00. The van der Waals surface area contributed by atoms with E-state index in [2.05, 4.69) is 35.9 Å². The van der Waals surface area contributed by atoms with Crippen LogP contribution in [-0.4, -0.2) is 9.97 Å². The standard InChI is InChI=1S/C14H13N3S/c1-8-4-3-5-10(6-8)13-16-12(15)11-7-9(2)18-14(11)17-13/h3-7H,1-2H3,(H2,15,16,17). The molecule has 0 spiro atoms. The fraction of sp³-hybridized carbons (Fsp3) is 0.143. The molecule has 1 aromatic carbocycles. The molecular formula is C14H13N3S. The number of nitrogens with two attached hydrogens (primary N) is 1. The summed E-state index contributed by atoms with van der Waals surface area (Å²) < 4.78 is 0. The third-order valence-electron chi connectivity index (χ3n) is 2.82. The van der Waals surface area contributed by atoms with Crippen LogP contribution in [0.15, 0.2) is 30.3 Å². The molecule has 0 aliphatic carbocycles. The number of nitrogen functional groups attached to an aromatic ring is 1. The van der Waals surface area contributed by atoms with Gasteiger partial charge in [-0.25, -0.2) is 9.97 Å². The van der Waals surface area contributed by atoms with E-state index in [1.165, 1.54) is 10.4 Å². The molecule has 18 heavy (non-hydrogen) atoms. The zero-order valence-corrected chi connectivity index (χ0v) is 11.1. The molecule has 3 rings (SSSR count). The topological polar surface area (TPSA) is 51.8 Å². The van der Waals surface area contributed by atoms with Crippen molar-refractivity contribution >= 4 is 27.4 Å². The molecule has 0 radical (unpaired) electrons. The Morgan fingerprint density at radius 1 is 1.11 bits per heavy atom. The summed E-state index contributed by atoms with van der Waals surface area (Å²) >= 11 is 1.65. The second-order valence-electron chi connectivity index (χ2n) is 4.38. The van der Waals surface area contributed by atoms with Gasteiger partial charge in [-0.05, 0) is 26.0 Å². The molecule has 2 heterocycles. The first-order chi connectivity index (χ1) is 8.63. The van der Waals surface area contributed by atoms with Crippen molar-refractivity contribution in [3.05, 3.63) is 40.8 Å². The molecule has 4 heteroatoms. The van der Waals surface area contributed by atoms with Crippen LogP contribution in [0.2, 0.25) is 0 Å². The van der Waals surface area contributed by atoms with Gasteiger partial charge in [-0.1, -0.05) is 23.8 Å². The molecule has 0 fully saturated rings. The molecule has 0 atom stereocenters. The summed E-state index contributed by atoms with van der Waals surface area (Å²) in [5.41, 5.74) is 8.20. The van der Waals surface area contributed by atoms with Crippen LogP contribution in [0.1, 0.15) is 10.4 Å². The minimum absolute atomic E-state index is 0.556. The number of anilines is 1. The quantitative estimate of drug-likeness (QED) is 0.723. The van der Waals surface area contributed by atoms with E-state index in [9.17, 15) is 0 Å². The highest BCUT2D eigenvalue weighted by atomic mass is 32.1. The fourth-order valence-corrected chi connectivity index (χ4v) is 2.86. The Bertz CT molecular complexity index is 731. The van der Waals surface area contributed by atoms with Crippen molar-refractivity contribution in [1.29, 1.82) is 0 Å². The number of thiophene rings is 1. The summed E-state index contributed by atoms with van der Waals surface area (Å²) in [6, 6.07) is 10.2. The Morgan fingerprint density at radius 2 is 1.94 bits per heavy atom. The van der Waals surface area contributed by atoms with Gasteiger partial charge >= 0.3 is 0 Å². The largest absolute Gasteiger partial charge is 0.383 e. The normalized spacial score (nSPS) is 11.0. The van der Waals surface area contributed by atoms with Crippen LogP contribution in [-0.2, 0) is 0 Å². The fourth-order valence-electron chi connectivity index (χ4n) is 1.98. The Hall–Kier alpha value is -1.94. The predicted molar refractivity (Wildman–Crippen MR) is 76.7 cm³/mol. The maximum Gasteiger partial charge on any atom is 0.163 e. The zero-order valence-electron chi connectivity index (χ0n) is 10.3. The Morgan fingerprint density at radius 3 is 2.72 bits per heavy atom. The number of hydrogen-bond acceptors (Lipinski definition) is 4. The van der Waals surface area contributed by atoms with Crippen LogP contribution < -0.4 is 5.73 Å². The molecule has 0 aliphatic rings. The molecule has 0 unspecified atom stereocenters. The van der Waals surface area contributed by atoms with Gasteiger partial charge in [0.2, 0.25) is 0 Å². The summed E-state index contributed by atoms with van der Waals surface area (Å²) in [4.78, 5) is 11.2. The summed E-state index contributed by atoms with van der Waals surface area (Å²) in [5, 5.41) is 0.953. The van der Waals surface area contributed by atoms with Crippen molar-refractivity contribution in [3.63, 3.8) is 0 Å².